The quantitative estimate of drug-likeness (QED) is 0.715. The van der Waals surface area contributed by atoms with Gasteiger partial charge in [-0.3, -0.25) is 0 Å². The third-order valence-electron chi connectivity index (χ3n) is 3.48. The Morgan fingerprint density at radius 1 is 1.44 bits per heavy atom. The summed E-state index contributed by atoms with van der Waals surface area (Å²) < 4.78 is 5.85. The van der Waals surface area contributed by atoms with Gasteiger partial charge in [0.05, 0.1) is 12.3 Å². The molecule has 1 fully saturated rings. The van der Waals surface area contributed by atoms with E-state index in [9.17, 15) is 0 Å². The Bertz CT molecular complexity index is 392. The molecule has 0 unspecified atom stereocenters. The maximum absolute atomic E-state index is 5.85. The molecule has 2 heterocycles. The zero-order chi connectivity index (χ0) is 11.0. The highest BCUT2D eigenvalue weighted by molar-refractivity contribution is 5.61. The molecule has 1 aromatic carbocycles. The van der Waals surface area contributed by atoms with Gasteiger partial charge in [0.2, 0.25) is 0 Å². The molecule has 1 atom stereocenters. The fraction of sp³-hybridized carbons (Fsp3) is 0.538. The van der Waals surface area contributed by atoms with E-state index in [4.69, 9.17) is 4.74 Å². The third-order valence-corrected chi connectivity index (χ3v) is 3.48. The van der Waals surface area contributed by atoms with Gasteiger partial charge in [-0.1, -0.05) is 6.07 Å². The number of anilines is 1. The van der Waals surface area contributed by atoms with Gasteiger partial charge in [0, 0.05) is 32.1 Å². The van der Waals surface area contributed by atoms with Gasteiger partial charge in [0.15, 0.2) is 0 Å². The van der Waals surface area contributed by atoms with Gasteiger partial charge in [-0.15, -0.1) is 0 Å². The van der Waals surface area contributed by atoms with Crippen LogP contribution in [-0.4, -0.2) is 32.3 Å². The summed E-state index contributed by atoms with van der Waals surface area (Å²) in [6.07, 6.45) is 1.11. The smallest absolute Gasteiger partial charge is 0.142 e. The highest BCUT2D eigenvalue weighted by Crippen LogP contribution is 2.34. The van der Waals surface area contributed by atoms with Crippen LogP contribution >= 0.6 is 0 Å². The molecule has 0 aliphatic carbocycles. The van der Waals surface area contributed by atoms with Crippen molar-refractivity contribution in [2.75, 3.05) is 31.1 Å². The minimum atomic E-state index is 0.595. The van der Waals surface area contributed by atoms with Gasteiger partial charge in [-0.25, -0.2) is 0 Å². The SMILES string of the molecule is Cc1ccc2c(c1)OCC[C@@H]1CNCCN21. The van der Waals surface area contributed by atoms with E-state index in [0.717, 1.165) is 38.4 Å². The average Bonchev–Trinajstić information content (AvgIpc) is 2.47. The number of nitrogens with one attached hydrogen (secondary N) is 1. The summed E-state index contributed by atoms with van der Waals surface area (Å²) in [7, 11) is 0. The van der Waals surface area contributed by atoms with Crippen LogP contribution in [0.25, 0.3) is 0 Å². The van der Waals surface area contributed by atoms with E-state index >= 15 is 0 Å². The molecule has 0 amide bonds. The van der Waals surface area contributed by atoms with Crippen LogP contribution in [0.3, 0.4) is 0 Å². The van der Waals surface area contributed by atoms with Crippen molar-refractivity contribution in [3.8, 4) is 5.75 Å². The van der Waals surface area contributed by atoms with Crippen LogP contribution in [-0.2, 0) is 0 Å². The molecule has 0 bridgehead atoms. The second-order valence-electron chi connectivity index (χ2n) is 4.66. The molecule has 0 spiro atoms. The van der Waals surface area contributed by atoms with E-state index < -0.39 is 0 Å². The second-order valence-corrected chi connectivity index (χ2v) is 4.66. The van der Waals surface area contributed by atoms with Crippen LogP contribution in [0.5, 0.6) is 5.75 Å². The van der Waals surface area contributed by atoms with Gasteiger partial charge in [-0.05, 0) is 24.6 Å². The highest BCUT2D eigenvalue weighted by Gasteiger charge is 2.27. The first-order valence-electron chi connectivity index (χ1n) is 6.05. The summed E-state index contributed by atoms with van der Waals surface area (Å²) >= 11 is 0. The van der Waals surface area contributed by atoms with E-state index in [1.54, 1.807) is 0 Å². The molecule has 0 radical (unpaired) electrons. The van der Waals surface area contributed by atoms with Gasteiger partial charge in [-0.2, -0.15) is 0 Å². The first-order valence-corrected chi connectivity index (χ1v) is 6.05. The maximum atomic E-state index is 5.85. The van der Waals surface area contributed by atoms with Crippen molar-refractivity contribution in [2.24, 2.45) is 0 Å². The fourth-order valence-electron chi connectivity index (χ4n) is 2.62. The van der Waals surface area contributed by atoms with Crippen LogP contribution < -0.4 is 15.0 Å². The molecule has 3 heteroatoms. The average molecular weight is 218 g/mol. The Labute approximate surface area is 96.4 Å². The summed E-state index contributed by atoms with van der Waals surface area (Å²) in [4.78, 5) is 2.50. The Morgan fingerprint density at radius 3 is 3.31 bits per heavy atom. The first kappa shape index (κ1) is 9.97. The van der Waals surface area contributed by atoms with E-state index in [-0.39, 0.29) is 0 Å². The Balaban J connectivity index is 2.00. The van der Waals surface area contributed by atoms with Crippen LogP contribution in [0.2, 0.25) is 0 Å². The second kappa shape index (κ2) is 3.98. The van der Waals surface area contributed by atoms with E-state index in [1.807, 2.05) is 0 Å². The molecule has 86 valence electrons. The summed E-state index contributed by atoms with van der Waals surface area (Å²) in [5.41, 5.74) is 2.54. The molecular weight excluding hydrogens is 200 g/mol. The zero-order valence-corrected chi connectivity index (χ0v) is 9.70. The van der Waals surface area contributed by atoms with Gasteiger partial charge in [0.25, 0.3) is 0 Å². The molecule has 1 saturated heterocycles. The normalized spacial score (nSPS) is 24.1. The lowest BCUT2D eigenvalue weighted by Crippen LogP contribution is -2.51. The summed E-state index contributed by atoms with van der Waals surface area (Å²) in [6, 6.07) is 7.12. The molecular formula is C13H18N2O. The zero-order valence-electron chi connectivity index (χ0n) is 9.70. The lowest BCUT2D eigenvalue weighted by Gasteiger charge is -2.36. The van der Waals surface area contributed by atoms with Crippen molar-refractivity contribution in [3.63, 3.8) is 0 Å². The van der Waals surface area contributed by atoms with Crippen LogP contribution in [0.15, 0.2) is 18.2 Å². The standard InChI is InChI=1S/C13H18N2O/c1-10-2-3-12-13(8-10)16-7-4-11-9-14-5-6-15(11)12/h2-3,8,11,14H,4-7,9H2,1H3/t11-/m1/s1. The lowest BCUT2D eigenvalue weighted by atomic mass is 10.1. The Morgan fingerprint density at radius 2 is 2.38 bits per heavy atom. The molecule has 0 aromatic heterocycles. The van der Waals surface area contributed by atoms with Crippen LogP contribution in [0.1, 0.15) is 12.0 Å². The minimum absolute atomic E-state index is 0.595. The van der Waals surface area contributed by atoms with E-state index in [2.05, 4.69) is 35.3 Å². The summed E-state index contributed by atoms with van der Waals surface area (Å²) in [6.45, 7) is 6.19. The largest absolute Gasteiger partial charge is 0.491 e. The Hall–Kier alpha value is -1.22. The number of benzene rings is 1. The van der Waals surface area contributed by atoms with Gasteiger partial charge in [0.1, 0.15) is 5.75 Å². The number of nitrogens with zero attached hydrogens (tertiary/aromatic N) is 1. The number of fused-ring (bicyclic) bond motifs is 3. The molecule has 3 rings (SSSR count). The molecule has 0 saturated carbocycles. The minimum Gasteiger partial charge on any atom is -0.491 e. The predicted octanol–water partition coefficient (Wildman–Crippen LogP) is 1.56. The molecule has 16 heavy (non-hydrogen) atoms. The first-order chi connectivity index (χ1) is 7.84. The maximum Gasteiger partial charge on any atom is 0.142 e. The third kappa shape index (κ3) is 1.65. The predicted molar refractivity (Wildman–Crippen MR) is 65.3 cm³/mol. The Kier molecular flexibility index (Phi) is 2.48. The number of hydrogen-bond acceptors (Lipinski definition) is 3. The van der Waals surface area contributed by atoms with Crippen molar-refractivity contribution in [2.45, 2.75) is 19.4 Å². The number of aryl methyl sites for hydroxylation is 1. The number of piperazine rings is 1. The molecule has 3 nitrogen and oxygen atoms in total. The topological polar surface area (TPSA) is 24.5 Å². The van der Waals surface area contributed by atoms with Crippen molar-refractivity contribution in [3.05, 3.63) is 23.8 Å². The number of ether oxygens (including phenoxy) is 1. The van der Waals surface area contributed by atoms with Crippen molar-refractivity contribution < 1.29 is 4.74 Å². The van der Waals surface area contributed by atoms with Gasteiger partial charge >= 0.3 is 0 Å². The highest BCUT2D eigenvalue weighted by atomic mass is 16.5. The summed E-state index contributed by atoms with van der Waals surface area (Å²) in [5, 5.41) is 3.46. The van der Waals surface area contributed by atoms with E-state index in [0.29, 0.717) is 6.04 Å². The van der Waals surface area contributed by atoms with Crippen LogP contribution in [0, 0.1) is 6.92 Å². The molecule has 2 aliphatic rings. The van der Waals surface area contributed by atoms with E-state index in [1.165, 1.54) is 11.3 Å². The lowest BCUT2D eigenvalue weighted by molar-refractivity contribution is 0.303. The van der Waals surface area contributed by atoms with Gasteiger partial charge < -0.3 is 15.0 Å². The van der Waals surface area contributed by atoms with Crippen molar-refractivity contribution >= 4 is 5.69 Å². The number of hydrogen-bond donors (Lipinski definition) is 1. The number of rotatable bonds is 0. The molecule has 1 aromatic rings. The van der Waals surface area contributed by atoms with Crippen molar-refractivity contribution in [1.82, 2.24) is 5.32 Å². The molecule has 1 N–H and O–H groups in total. The summed E-state index contributed by atoms with van der Waals surface area (Å²) in [5.74, 6) is 1.06. The molecule has 2 aliphatic heterocycles. The fourth-order valence-corrected chi connectivity index (χ4v) is 2.62. The van der Waals surface area contributed by atoms with Crippen LogP contribution in [0.4, 0.5) is 5.69 Å². The monoisotopic (exact) mass is 218 g/mol. The van der Waals surface area contributed by atoms with Crippen molar-refractivity contribution in [1.29, 1.82) is 0 Å².